The second kappa shape index (κ2) is 6.39. The standard InChI is InChI=1S/C14H12FN3O/c15-13-6-4-5-12(9-13)10-16-17-14(19)11-18-7-2-1-3-8-18/h1-10H,11H2/p+1/b16-10+. The Morgan fingerprint density at radius 1 is 1.26 bits per heavy atom. The summed E-state index contributed by atoms with van der Waals surface area (Å²) in [4.78, 5) is 11.5. The molecule has 2 rings (SSSR count). The van der Waals surface area contributed by atoms with Gasteiger partial charge in [0.15, 0.2) is 12.4 Å². The van der Waals surface area contributed by atoms with Crippen LogP contribution in [0, 0.1) is 5.82 Å². The molecule has 0 saturated heterocycles. The molecule has 4 nitrogen and oxygen atoms in total. The highest BCUT2D eigenvalue weighted by Crippen LogP contribution is 1.99. The van der Waals surface area contributed by atoms with Crippen molar-refractivity contribution < 1.29 is 13.8 Å². The van der Waals surface area contributed by atoms with Crippen LogP contribution < -0.4 is 9.99 Å². The highest BCUT2D eigenvalue weighted by atomic mass is 19.1. The van der Waals surface area contributed by atoms with Crippen LogP contribution in [0.25, 0.3) is 0 Å². The Bertz CT molecular complexity index is 584. The van der Waals surface area contributed by atoms with Crippen molar-refractivity contribution in [3.8, 4) is 0 Å². The molecule has 0 atom stereocenters. The van der Waals surface area contributed by atoms with Gasteiger partial charge in [0.05, 0.1) is 6.21 Å². The van der Waals surface area contributed by atoms with Gasteiger partial charge in [-0.05, 0) is 17.7 Å². The topological polar surface area (TPSA) is 45.3 Å². The molecule has 2 aromatic rings. The molecule has 1 amide bonds. The van der Waals surface area contributed by atoms with Crippen molar-refractivity contribution in [3.05, 3.63) is 66.2 Å². The first-order valence-electron chi connectivity index (χ1n) is 5.75. The smallest absolute Gasteiger partial charge is 0.266 e. The quantitative estimate of drug-likeness (QED) is 0.501. The Morgan fingerprint density at radius 2 is 2.05 bits per heavy atom. The number of nitrogens with zero attached hydrogens (tertiary/aromatic N) is 2. The van der Waals surface area contributed by atoms with Crippen molar-refractivity contribution in [3.63, 3.8) is 0 Å². The number of halogens is 1. The normalized spacial score (nSPS) is 10.6. The number of pyridine rings is 1. The Morgan fingerprint density at radius 3 is 2.79 bits per heavy atom. The molecular weight excluding hydrogens is 245 g/mol. The van der Waals surface area contributed by atoms with E-state index in [0.29, 0.717) is 5.56 Å². The summed E-state index contributed by atoms with van der Waals surface area (Å²) in [5.74, 6) is -0.584. The molecule has 96 valence electrons. The van der Waals surface area contributed by atoms with E-state index < -0.39 is 0 Å². The van der Waals surface area contributed by atoms with Gasteiger partial charge in [0.2, 0.25) is 6.54 Å². The fourth-order valence-electron chi connectivity index (χ4n) is 1.51. The first kappa shape index (κ1) is 12.9. The van der Waals surface area contributed by atoms with Crippen LogP contribution in [0.4, 0.5) is 4.39 Å². The summed E-state index contributed by atoms with van der Waals surface area (Å²) in [6.07, 6.45) is 4.97. The van der Waals surface area contributed by atoms with Crippen molar-refractivity contribution >= 4 is 12.1 Å². The number of carbonyl (C=O) groups is 1. The first-order valence-corrected chi connectivity index (χ1v) is 5.75. The summed E-state index contributed by atoms with van der Waals surface area (Å²) in [6, 6.07) is 11.5. The molecule has 5 heteroatoms. The molecule has 0 spiro atoms. The molecule has 0 aliphatic rings. The van der Waals surface area contributed by atoms with Gasteiger partial charge >= 0.3 is 5.91 Å². The lowest BCUT2D eigenvalue weighted by atomic mass is 10.2. The minimum atomic E-state index is -0.338. The molecule has 1 heterocycles. The molecule has 0 saturated carbocycles. The van der Waals surface area contributed by atoms with E-state index in [4.69, 9.17) is 0 Å². The number of aromatic nitrogens is 1. The zero-order valence-corrected chi connectivity index (χ0v) is 10.2. The molecule has 19 heavy (non-hydrogen) atoms. The summed E-state index contributed by atoms with van der Waals surface area (Å²) in [6.45, 7) is 0.182. The predicted molar refractivity (Wildman–Crippen MR) is 68.8 cm³/mol. The Labute approximate surface area is 110 Å². The van der Waals surface area contributed by atoms with Crippen LogP contribution in [0.3, 0.4) is 0 Å². The van der Waals surface area contributed by atoms with Crippen molar-refractivity contribution in [1.29, 1.82) is 0 Å². The van der Waals surface area contributed by atoms with Crippen LogP contribution >= 0.6 is 0 Å². The maximum atomic E-state index is 12.9. The summed E-state index contributed by atoms with van der Waals surface area (Å²) in [7, 11) is 0. The van der Waals surface area contributed by atoms with E-state index in [0.717, 1.165) is 0 Å². The van der Waals surface area contributed by atoms with Gasteiger partial charge < -0.3 is 0 Å². The molecule has 1 aromatic heterocycles. The van der Waals surface area contributed by atoms with E-state index in [1.54, 1.807) is 29.1 Å². The van der Waals surface area contributed by atoms with Crippen LogP contribution in [0.2, 0.25) is 0 Å². The summed E-state index contributed by atoms with van der Waals surface area (Å²) in [5.41, 5.74) is 2.98. The van der Waals surface area contributed by atoms with Crippen molar-refractivity contribution in [2.45, 2.75) is 6.54 Å². The fraction of sp³-hybridized carbons (Fsp3) is 0.0714. The average molecular weight is 258 g/mol. The van der Waals surface area contributed by atoms with Gasteiger partial charge in [-0.25, -0.2) is 9.82 Å². The molecule has 0 bridgehead atoms. The molecule has 0 aliphatic carbocycles. The van der Waals surface area contributed by atoms with Gasteiger partial charge in [-0.15, -0.1) is 0 Å². The molecule has 0 fully saturated rings. The summed E-state index contributed by atoms with van der Waals surface area (Å²) < 4.78 is 14.6. The van der Waals surface area contributed by atoms with Gasteiger partial charge in [-0.2, -0.15) is 9.67 Å². The van der Waals surface area contributed by atoms with Crippen LogP contribution in [0.5, 0.6) is 0 Å². The van der Waals surface area contributed by atoms with Gasteiger partial charge in [-0.3, -0.25) is 4.79 Å². The maximum absolute atomic E-state index is 12.9. The van der Waals surface area contributed by atoms with Crippen molar-refractivity contribution in [2.75, 3.05) is 0 Å². The number of hydrazone groups is 1. The Kier molecular flexibility index (Phi) is 4.34. The highest BCUT2D eigenvalue weighted by molar-refractivity contribution is 5.81. The van der Waals surface area contributed by atoms with Crippen LogP contribution in [0.1, 0.15) is 5.56 Å². The largest absolute Gasteiger partial charge is 0.305 e. The summed E-state index contributed by atoms with van der Waals surface area (Å²) in [5, 5.41) is 3.77. The fourth-order valence-corrected chi connectivity index (χ4v) is 1.51. The SMILES string of the molecule is O=C(C[n+]1ccccc1)N/N=C/c1cccc(F)c1. The van der Waals surface area contributed by atoms with Gasteiger partial charge in [0, 0.05) is 12.1 Å². The van der Waals surface area contributed by atoms with E-state index in [-0.39, 0.29) is 18.3 Å². The number of carbonyl (C=O) groups excluding carboxylic acids is 1. The molecule has 0 radical (unpaired) electrons. The number of amides is 1. The third kappa shape index (κ3) is 4.31. The second-order valence-electron chi connectivity index (χ2n) is 3.90. The third-order valence-corrected chi connectivity index (χ3v) is 2.36. The van der Waals surface area contributed by atoms with E-state index in [9.17, 15) is 9.18 Å². The van der Waals surface area contributed by atoms with Crippen LogP contribution in [0.15, 0.2) is 60.0 Å². The lowest BCUT2D eigenvalue weighted by Gasteiger charge is -1.96. The Balaban J connectivity index is 1.87. The number of rotatable bonds is 4. The lowest BCUT2D eigenvalue weighted by Crippen LogP contribution is -2.40. The van der Waals surface area contributed by atoms with E-state index >= 15 is 0 Å². The number of hydrogen-bond donors (Lipinski definition) is 1. The third-order valence-electron chi connectivity index (χ3n) is 2.36. The van der Waals surface area contributed by atoms with Crippen molar-refractivity contribution in [2.24, 2.45) is 5.10 Å². The Hall–Kier alpha value is -2.56. The molecule has 1 aromatic carbocycles. The maximum Gasteiger partial charge on any atom is 0.305 e. The molecule has 0 unspecified atom stereocenters. The van der Waals surface area contributed by atoms with Crippen LogP contribution in [-0.4, -0.2) is 12.1 Å². The predicted octanol–water partition coefficient (Wildman–Crippen LogP) is 1.26. The number of benzene rings is 1. The van der Waals surface area contributed by atoms with Gasteiger partial charge in [0.1, 0.15) is 5.82 Å². The first-order chi connectivity index (χ1) is 9.24. The van der Waals surface area contributed by atoms with E-state index in [1.165, 1.54) is 18.3 Å². The number of hydrogen-bond acceptors (Lipinski definition) is 2. The number of nitrogens with one attached hydrogen (secondary N) is 1. The average Bonchev–Trinajstić information content (AvgIpc) is 2.40. The van der Waals surface area contributed by atoms with E-state index in [1.807, 2.05) is 18.2 Å². The monoisotopic (exact) mass is 258 g/mol. The van der Waals surface area contributed by atoms with Crippen molar-refractivity contribution in [1.82, 2.24) is 5.43 Å². The van der Waals surface area contributed by atoms with Crippen LogP contribution in [-0.2, 0) is 11.3 Å². The minimum Gasteiger partial charge on any atom is -0.266 e. The zero-order valence-electron chi connectivity index (χ0n) is 10.2. The molecule has 1 N–H and O–H groups in total. The van der Waals surface area contributed by atoms with E-state index in [2.05, 4.69) is 10.5 Å². The lowest BCUT2D eigenvalue weighted by molar-refractivity contribution is -0.684. The second-order valence-corrected chi connectivity index (χ2v) is 3.90. The zero-order chi connectivity index (χ0) is 13.5. The molecular formula is C14H13FN3O+. The summed E-state index contributed by atoms with van der Waals surface area (Å²) >= 11 is 0. The molecule has 0 aliphatic heterocycles. The van der Waals surface area contributed by atoms with Gasteiger partial charge in [-0.1, -0.05) is 18.2 Å². The highest BCUT2D eigenvalue weighted by Gasteiger charge is 2.06. The van der Waals surface area contributed by atoms with Gasteiger partial charge in [0.25, 0.3) is 0 Å². The minimum absolute atomic E-state index is 0.182.